The summed E-state index contributed by atoms with van der Waals surface area (Å²) in [6.07, 6.45) is 1.77. The molecule has 0 unspecified atom stereocenters. The van der Waals surface area contributed by atoms with Crippen molar-refractivity contribution in [1.82, 2.24) is 4.98 Å². The average molecular weight is 375 g/mol. The second kappa shape index (κ2) is 5.89. The molecule has 0 spiro atoms. The van der Waals surface area contributed by atoms with Crippen LogP contribution in [0.2, 0.25) is 0 Å². The Kier molecular flexibility index (Phi) is 4.45. The molecule has 0 aliphatic heterocycles. The maximum absolute atomic E-state index is 5.60. The number of rotatable bonds is 4. The van der Waals surface area contributed by atoms with Gasteiger partial charge in [-0.05, 0) is 51.8 Å². The number of hydrogen-bond acceptors (Lipinski definition) is 3. The van der Waals surface area contributed by atoms with Crippen molar-refractivity contribution in [3.8, 4) is 11.5 Å². The Morgan fingerprint density at radius 3 is 2.28 bits per heavy atom. The maximum Gasteiger partial charge on any atom is 0.163 e. The first-order valence-corrected chi connectivity index (χ1v) is 7.29. The molecule has 0 N–H and O–H groups in total. The highest BCUT2D eigenvalue weighted by Crippen LogP contribution is 2.37. The van der Waals surface area contributed by atoms with Crippen molar-refractivity contribution < 1.29 is 9.47 Å². The summed E-state index contributed by atoms with van der Waals surface area (Å²) < 4.78 is 13.1. The van der Waals surface area contributed by atoms with Gasteiger partial charge >= 0.3 is 0 Å². The average Bonchev–Trinajstić information content (AvgIpc) is 2.36. The zero-order valence-electron chi connectivity index (χ0n) is 10.2. The van der Waals surface area contributed by atoms with Crippen LogP contribution in [0.25, 0.3) is 10.9 Å². The van der Waals surface area contributed by atoms with Crippen molar-refractivity contribution in [3.05, 3.63) is 27.3 Å². The molecule has 5 heteroatoms. The van der Waals surface area contributed by atoms with E-state index < -0.39 is 0 Å². The van der Waals surface area contributed by atoms with E-state index in [2.05, 4.69) is 36.8 Å². The van der Waals surface area contributed by atoms with Gasteiger partial charge in [0.25, 0.3) is 0 Å². The Labute approximate surface area is 123 Å². The summed E-state index contributed by atoms with van der Waals surface area (Å²) in [5, 5.41) is 0.997. The van der Waals surface area contributed by atoms with Gasteiger partial charge in [0.15, 0.2) is 11.5 Å². The van der Waals surface area contributed by atoms with E-state index in [0.29, 0.717) is 13.2 Å². The van der Waals surface area contributed by atoms with Crippen LogP contribution in [0.3, 0.4) is 0 Å². The van der Waals surface area contributed by atoms with Crippen LogP contribution < -0.4 is 9.47 Å². The van der Waals surface area contributed by atoms with Gasteiger partial charge in [0, 0.05) is 22.1 Å². The topological polar surface area (TPSA) is 31.4 Å². The zero-order valence-corrected chi connectivity index (χ0v) is 13.3. The Bertz CT molecular complexity index is 572. The van der Waals surface area contributed by atoms with Gasteiger partial charge in [0.1, 0.15) is 0 Å². The molecule has 1 heterocycles. The largest absolute Gasteiger partial charge is 0.490 e. The number of halogens is 2. The van der Waals surface area contributed by atoms with E-state index in [1.165, 1.54) is 0 Å². The van der Waals surface area contributed by atoms with Crippen molar-refractivity contribution in [2.45, 2.75) is 13.8 Å². The predicted octanol–water partition coefficient (Wildman–Crippen LogP) is 4.56. The first-order valence-electron chi connectivity index (χ1n) is 5.70. The summed E-state index contributed by atoms with van der Waals surface area (Å²) in [5.74, 6) is 1.47. The van der Waals surface area contributed by atoms with Crippen molar-refractivity contribution in [2.24, 2.45) is 0 Å². The summed E-state index contributed by atoms with van der Waals surface area (Å²) in [6, 6.07) is 3.85. The summed E-state index contributed by atoms with van der Waals surface area (Å²) in [6.45, 7) is 5.10. The minimum Gasteiger partial charge on any atom is -0.490 e. The lowest BCUT2D eigenvalue weighted by Gasteiger charge is -2.12. The molecule has 1 aromatic heterocycles. The molecule has 2 aromatic rings. The molecule has 18 heavy (non-hydrogen) atoms. The predicted molar refractivity (Wildman–Crippen MR) is 79.5 cm³/mol. The van der Waals surface area contributed by atoms with Gasteiger partial charge in [0.2, 0.25) is 0 Å². The molecule has 1 aromatic carbocycles. The van der Waals surface area contributed by atoms with Gasteiger partial charge in [-0.1, -0.05) is 0 Å². The molecule has 0 aliphatic rings. The molecular weight excluding hydrogens is 362 g/mol. The van der Waals surface area contributed by atoms with Crippen molar-refractivity contribution in [3.63, 3.8) is 0 Å². The summed E-state index contributed by atoms with van der Waals surface area (Å²) in [7, 11) is 0. The van der Waals surface area contributed by atoms with Gasteiger partial charge in [-0.3, -0.25) is 4.98 Å². The first-order chi connectivity index (χ1) is 8.67. The lowest BCUT2D eigenvalue weighted by Crippen LogP contribution is -1.99. The number of pyridine rings is 1. The van der Waals surface area contributed by atoms with Crippen molar-refractivity contribution in [2.75, 3.05) is 13.2 Å². The molecular formula is C13H13Br2NO2. The lowest BCUT2D eigenvalue weighted by atomic mass is 10.2. The van der Waals surface area contributed by atoms with Gasteiger partial charge < -0.3 is 9.47 Å². The number of hydrogen-bond donors (Lipinski definition) is 0. The highest BCUT2D eigenvalue weighted by molar-refractivity contribution is 9.13. The van der Waals surface area contributed by atoms with E-state index in [1.54, 1.807) is 6.20 Å². The molecule has 0 aliphatic carbocycles. The van der Waals surface area contributed by atoms with Crippen LogP contribution in [0, 0.1) is 0 Å². The third kappa shape index (κ3) is 2.62. The maximum atomic E-state index is 5.60. The third-order valence-electron chi connectivity index (χ3n) is 2.42. The van der Waals surface area contributed by atoms with Gasteiger partial charge in [-0.15, -0.1) is 0 Å². The highest BCUT2D eigenvalue weighted by Gasteiger charge is 2.11. The van der Waals surface area contributed by atoms with Crippen LogP contribution in [0.4, 0.5) is 0 Å². The Hall–Kier alpha value is -0.810. The molecule has 0 radical (unpaired) electrons. The van der Waals surface area contributed by atoms with E-state index in [0.717, 1.165) is 31.3 Å². The van der Waals surface area contributed by atoms with Crippen LogP contribution in [0.15, 0.2) is 27.3 Å². The van der Waals surface area contributed by atoms with Crippen molar-refractivity contribution in [1.29, 1.82) is 0 Å². The second-order valence-electron chi connectivity index (χ2n) is 3.60. The Morgan fingerprint density at radius 1 is 1.06 bits per heavy atom. The van der Waals surface area contributed by atoms with Crippen LogP contribution in [-0.4, -0.2) is 18.2 Å². The number of fused-ring (bicyclic) bond motifs is 1. The monoisotopic (exact) mass is 373 g/mol. The minimum absolute atomic E-state index is 0.600. The van der Waals surface area contributed by atoms with Gasteiger partial charge in [-0.25, -0.2) is 0 Å². The van der Waals surface area contributed by atoms with Crippen LogP contribution >= 0.6 is 31.9 Å². The third-order valence-corrected chi connectivity index (χ3v) is 4.41. The molecule has 2 rings (SSSR count). The standard InChI is InChI=1S/C13H13Br2NO2/c1-3-17-11-5-8-10(6-12(11)18-4-2)16-7-9(14)13(8)15/h5-7H,3-4H2,1-2H3. The van der Waals surface area contributed by atoms with Gasteiger partial charge in [0.05, 0.1) is 23.2 Å². The van der Waals surface area contributed by atoms with Gasteiger partial charge in [-0.2, -0.15) is 0 Å². The van der Waals surface area contributed by atoms with E-state index in [9.17, 15) is 0 Å². The minimum atomic E-state index is 0.600. The van der Waals surface area contributed by atoms with Crippen LogP contribution in [-0.2, 0) is 0 Å². The molecule has 96 valence electrons. The fourth-order valence-electron chi connectivity index (χ4n) is 1.68. The summed E-state index contributed by atoms with van der Waals surface area (Å²) in [4.78, 5) is 4.37. The van der Waals surface area contributed by atoms with Crippen LogP contribution in [0.1, 0.15) is 13.8 Å². The fourth-order valence-corrected chi connectivity index (χ4v) is 2.42. The molecule has 0 saturated carbocycles. The molecule has 0 fully saturated rings. The molecule has 0 bridgehead atoms. The molecule has 3 nitrogen and oxygen atoms in total. The number of benzene rings is 1. The summed E-state index contributed by atoms with van der Waals surface area (Å²) >= 11 is 6.99. The molecule has 0 atom stereocenters. The smallest absolute Gasteiger partial charge is 0.163 e. The quantitative estimate of drug-likeness (QED) is 0.786. The number of nitrogens with zero attached hydrogens (tertiary/aromatic N) is 1. The Balaban J connectivity index is 2.64. The zero-order chi connectivity index (χ0) is 13.1. The van der Waals surface area contributed by atoms with Crippen LogP contribution in [0.5, 0.6) is 11.5 Å². The Morgan fingerprint density at radius 2 is 1.67 bits per heavy atom. The summed E-state index contributed by atoms with van der Waals surface area (Å²) in [5.41, 5.74) is 0.872. The van der Waals surface area contributed by atoms with E-state index >= 15 is 0 Å². The number of ether oxygens (including phenoxy) is 2. The molecule has 0 amide bonds. The van der Waals surface area contributed by atoms with E-state index in [-0.39, 0.29) is 0 Å². The van der Waals surface area contributed by atoms with Crippen molar-refractivity contribution >= 4 is 42.8 Å². The lowest BCUT2D eigenvalue weighted by molar-refractivity contribution is 0.288. The highest BCUT2D eigenvalue weighted by atomic mass is 79.9. The van der Waals surface area contributed by atoms with E-state index in [4.69, 9.17) is 9.47 Å². The first kappa shape index (κ1) is 13.6. The second-order valence-corrected chi connectivity index (χ2v) is 5.25. The van der Waals surface area contributed by atoms with E-state index in [1.807, 2.05) is 26.0 Å². The fraction of sp³-hybridized carbons (Fsp3) is 0.308. The number of aromatic nitrogens is 1. The molecule has 0 saturated heterocycles. The normalized spacial score (nSPS) is 10.7. The SMILES string of the molecule is CCOc1cc2ncc(Br)c(Br)c2cc1OCC.